The topological polar surface area (TPSA) is 47.2 Å². The summed E-state index contributed by atoms with van der Waals surface area (Å²) < 4.78 is 3.68. The van der Waals surface area contributed by atoms with Gasteiger partial charge in [0.15, 0.2) is 0 Å². The smallest absolute Gasteiger partial charge is 0.275 e. The Bertz CT molecular complexity index is 1080. The Morgan fingerprint density at radius 2 is 1.75 bits per heavy atom. The molecule has 1 aliphatic rings. The number of benzene rings is 1. The molecule has 0 bridgehead atoms. The van der Waals surface area contributed by atoms with E-state index in [1.165, 1.54) is 12.8 Å². The van der Waals surface area contributed by atoms with E-state index in [1.54, 1.807) is 4.57 Å². The molecule has 1 aliphatic heterocycles. The number of hydrogen-bond acceptors (Lipinski definition) is 2. The lowest BCUT2D eigenvalue weighted by atomic mass is 10.1. The molecule has 0 spiro atoms. The molecule has 148 valence electrons. The average molecular weight is 380 g/mol. The van der Waals surface area contributed by atoms with Gasteiger partial charge in [0.25, 0.3) is 11.5 Å². The number of aromatic nitrogens is 2. The fourth-order valence-corrected chi connectivity index (χ4v) is 4.47. The molecule has 0 unspecified atom stereocenters. The van der Waals surface area contributed by atoms with Crippen molar-refractivity contribution < 1.29 is 4.79 Å². The third-order valence-electron chi connectivity index (χ3n) is 5.81. The molecule has 5 nitrogen and oxygen atoms in total. The molecular formula is C23H29N3O2. The molecule has 0 saturated carbocycles. The number of amides is 1. The van der Waals surface area contributed by atoms with E-state index in [-0.39, 0.29) is 11.5 Å². The van der Waals surface area contributed by atoms with E-state index in [2.05, 4.69) is 13.8 Å². The van der Waals surface area contributed by atoms with Crippen molar-refractivity contribution in [3.05, 3.63) is 46.4 Å². The maximum Gasteiger partial charge on any atom is 0.275 e. The first-order valence-corrected chi connectivity index (χ1v) is 10.4. The fourth-order valence-electron chi connectivity index (χ4n) is 4.47. The van der Waals surface area contributed by atoms with Gasteiger partial charge in [-0.15, -0.1) is 0 Å². The van der Waals surface area contributed by atoms with Crippen LogP contribution >= 0.6 is 0 Å². The Kier molecular flexibility index (Phi) is 5.00. The van der Waals surface area contributed by atoms with E-state index in [9.17, 15) is 9.59 Å². The Labute approximate surface area is 165 Å². The molecule has 4 rings (SSSR count). The number of carbonyl (C=O) groups excluding carboxylic acids is 1. The summed E-state index contributed by atoms with van der Waals surface area (Å²) in [6.45, 7) is 6.39. The van der Waals surface area contributed by atoms with Crippen LogP contribution in [0, 0.1) is 5.92 Å². The number of aryl methyl sites for hydroxylation is 1. The summed E-state index contributed by atoms with van der Waals surface area (Å²) in [7, 11) is 1.92. The van der Waals surface area contributed by atoms with Crippen LogP contribution in [0.4, 0.5) is 0 Å². The molecule has 3 heterocycles. The number of fused-ring (bicyclic) bond motifs is 3. The molecule has 1 aromatic carbocycles. The predicted molar refractivity (Wildman–Crippen MR) is 114 cm³/mol. The summed E-state index contributed by atoms with van der Waals surface area (Å²) in [4.78, 5) is 28.8. The summed E-state index contributed by atoms with van der Waals surface area (Å²) in [6, 6.07) is 7.98. The zero-order valence-corrected chi connectivity index (χ0v) is 17.1. The lowest BCUT2D eigenvalue weighted by molar-refractivity contribution is 0.0762. The molecular weight excluding hydrogens is 350 g/mol. The highest BCUT2D eigenvalue weighted by molar-refractivity contribution is 6.17. The molecule has 1 fully saturated rings. The van der Waals surface area contributed by atoms with Gasteiger partial charge in [-0.2, -0.15) is 0 Å². The molecule has 3 aromatic rings. The van der Waals surface area contributed by atoms with Crippen molar-refractivity contribution in [3.63, 3.8) is 0 Å². The molecule has 0 aliphatic carbocycles. The third-order valence-corrected chi connectivity index (χ3v) is 5.81. The van der Waals surface area contributed by atoms with Gasteiger partial charge >= 0.3 is 0 Å². The molecule has 1 saturated heterocycles. The number of hydrogen-bond donors (Lipinski definition) is 0. The molecule has 0 N–H and O–H groups in total. The molecule has 5 heteroatoms. The van der Waals surface area contributed by atoms with Gasteiger partial charge in [-0.1, -0.05) is 44.9 Å². The van der Waals surface area contributed by atoms with Crippen molar-refractivity contribution >= 4 is 27.7 Å². The van der Waals surface area contributed by atoms with Crippen molar-refractivity contribution in [2.24, 2.45) is 13.0 Å². The van der Waals surface area contributed by atoms with Crippen LogP contribution in [0.15, 0.2) is 35.3 Å². The van der Waals surface area contributed by atoms with Crippen molar-refractivity contribution in [1.82, 2.24) is 14.0 Å². The minimum Gasteiger partial charge on any atom is -0.339 e. The third kappa shape index (κ3) is 3.13. The van der Waals surface area contributed by atoms with Gasteiger partial charge in [-0.3, -0.25) is 9.59 Å². The Morgan fingerprint density at radius 1 is 1.07 bits per heavy atom. The van der Waals surface area contributed by atoms with E-state index in [1.807, 2.05) is 47.0 Å². The van der Waals surface area contributed by atoms with Gasteiger partial charge < -0.3 is 14.0 Å². The predicted octanol–water partition coefficient (Wildman–Crippen LogP) is 4.17. The van der Waals surface area contributed by atoms with Gasteiger partial charge in [0, 0.05) is 49.2 Å². The van der Waals surface area contributed by atoms with Crippen LogP contribution in [0.3, 0.4) is 0 Å². The number of nitrogens with zero attached hydrogens (tertiary/aromatic N) is 3. The van der Waals surface area contributed by atoms with Crippen LogP contribution < -0.4 is 5.56 Å². The molecule has 0 radical (unpaired) electrons. The lowest BCUT2D eigenvalue weighted by Crippen LogP contribution is -2.34. The highest BCUT2D eigenvalue weighted by atomic mass is 16.2. The van der Waals surface area contributed by atoms with Crippen molar-refractivity contribution in [3.8, 4) is 0 Å². The zero-order chi connectivity index (χ0) is 19.8. The molecule has 1 amide bonds. The molecule has 0 atom stereocenters. The lowest BCUT2D eigenvalue weighted by Gasteiger charge is -2.22. The number of pyridine rings is 1. The van der Waals surface area contributed by atoms with Gasteiger partial charge in [-0.25, -0.2) is 0 Å². The van der Waals surface area contributed by atoms with Crippen LogP contribution in [0.25, 0.3) is 21.8 Å². The summed E-state index contributed by atoms with van der Waals surface area (Å²) in [5.41, 5.74) is 2.26. The monoisotopic (exact) mass is 379 g/mol. The van der Waals surface area contributed by atoms with Crippen molar-refractivity contribution in [1.29, 1.82) is 0 Å². The van der Waals surface area contributed by atoms with Crippen LogP contribution in [-0.4, -0.2) is 33.0 Å². The summed E-state index contributed by atoms with van der Waals surface area (Å²) >= 11 is 0. The second-order valence-corrected chi connectivity index (χ2v) is 8.40. The first kappa shape index (κ1) is 18.8. The SMILES string of the molecule is CC(C)Cn1cc(C(=O)N2CCCCCC2)c2c3ccccc3n(C)c2c1=O. The van der Waals surface area contributed by atoms with Gasteiger partial charge in [-0.05, 0) is 24.8 Å². The summed E-state index contributed by atoms with van der Waals surface area (Å²) in [5, 5.41) is 1.78. The molecule has 28 heavy (non-hydrogen) atoms. The zero-order valence-electron chi connectivity index (χ0n) is 17.1. The van der Waals surface area contributed by atoms with Crippen LogP contribution in [-0.2, 0) is 13.6 Å². The normalized spacial score (nSPS) is 15.5. The first-order chi connectivity index (χ1) is 13.5. The van der Waals surface area contributed by atoms with E-state index in [4.69, 9.17) is 0 Å². The van der Waals surface area contributed by atoms with Gasteiger partial charge in [0.2, 0.25) is 0 Å². The van der Waals surface area contributed by atoms with Gasteiger partial charge in [0.05, 0.1) is 5.56 Å². The largest absolute Gasteiger partial charge is 0.339 e. The first-order valence-electron chi connectivity index (χ1n) is 10.4. The maximum absolute atomic E-state index is 13.6. The standard InChI is InChI=1S/C23H29N3O2/c1-16(2)14-26-15-18(22(27)25-12-8-4-5-9-13-25)20-17-10-6-7-11-19(17)24(3)21(20)23(26)28/h6-7,10-11,15-16H,4-5,8-9,12-14H2,1-3H3. The number of para-hydroxylation sites is 1. The Hall–Kier alpha value is -2.56. The number of likely N-dealkylation sites (tertiary alicyclic amines) is 1. The van der Waals surface area contributed by atoms with Crippen LogP contribution in [0.5, 0.6) is 0 Å². The minimum absolute atomic E-state index is 0.0187. The second kappa shape index (κ2) is 7.46. The summed E-state index contributed by atoms with van der Waals surface area (Å²) in [5.74, 6) is 0.381. The Morgan fingerprint density at radius 3 is 2.43 bits per heavy atom. The van der Waals surface area contributed by atoms with Crippen LogP contribution in [0.1, 0.15) is 49.9 Å². The number of rotatable bonds is 3. The number of carbonyl (C=O) groups is 1. The van der Waals surface area contributed by atoms with Crippen molar-refractivity contribution in [2.75, 3.05) is 13.1 Å². The van der Waals surface area contributed by atoms with E-state index in [0.717, 1.165) is 42.2 Å². The van der Waals surface area contributed by atoms with E-state index >= 15 is 0 Å². The quantitative estimate of drug-likeness (QED) is 0.686. The van der Waals surface area contributed by atoms with E-state index < -0.39 is 0 Å². The minimum atomic E-state index is -0.0187. The Balaban J connectivity index is 2.00. The van der Waals surface area contributed by atoms with Crippen molar-refractivity contribution in [2.45, 2.75) is 46.1 Å². The molecule has 2 aromatic heterocycles. The average Bonchev–Trinajstić information content (AvgIpc) is 2.85. The maximum atomic E-state index is 13.6. The fraction of sp³-hybridized carbons (Fsp3) is 0.478. The van der Waals surface area contributed by atoms with Gasteiger partial charge in [0.1, 0.15) is 5.52 Å². The highest BCUT2D eigenvalue weighted by Gasteiger charge is 2.25. The summed E-state index contributed by atoms with van der Waals surface area (Å²) in [6.07, 6.45) is 6.27. The van der Waals surface area contributed by atoms with Crippen LogP contribution in [0.2, 0.25) is 0 Å². The second-order valence-electron chi connectivity index (χ2n) is 8.40. The van der Waals surface area contributed by atoms with E-state index in [0.29, 0.717) is 23.5 Å². The highest BCUT2D eigenvalue weighted by Crippen LogP contribution is 2.30.